The minimum atomic E-state index is -0.998. The summed E-state index contributed by atoms with van der Waals surface area (Å²) >= 11 is 0. The number of imide groups is 1. The lowest BCUT2D eigenvalue weighted by atomic mass is 9.72. The summed E-state index contributed by atoms with van der Waals surface area (Å²) in [5.74, 6) is -0.429. The van der Waals surface area contributed by atoms with Crippen molar-refractivity contribution in [3.63, 3.8) is 0 Å². The van der Waals surface area contributed by atoms with Crippen molar-refractivity contribution in [2.75, 3.05) is 6.54 Å². The van der Waals surface area contributed by atoms with Gasteiger partial charge in [-0.25, -0.2) is 9.59 Å². The van der Waals surface area contributed by atoms with Gasteiger partial charge in [0.1, 0.15) is 11.1 Å². The Labute approximate surface area is 187 Å². The number of alkyl carbamates (subject to hydrolysis) is 1. The molecule has 1 aromatic carbocycles. The van der Waals surface area contributed by atoms with E-state index < -0.39 is 23.3 Å². The molecule has 1 aliphatic carbocycles. The Morgan fingerprint density at radius 1 is 1.25 bits per heavy atom. The Hall–Kier alpha value is -3.16. The van der Waals surface area contributed by atoms with Gasteiger partial charge < -0.3 is 15.4 Å². The van der Waals surface area contributed by atoms with Crippen LogP contribution in [-0.2, 0) is 16.1 Å². The molecule has 8 heteroatoms. The number of nitrogens with zero attached hydrogens (tertiary/aromatic N) is 2. The predicted molar refractivity (Wildman–Crippen MR) is 120 cm³/mol. The largest absolute Gasteiger partial charge is 0.444 e. The van der Waals surface area contributed by atoms with Crippen molar-refractivity contribution in [3.8, 4) is 0 Å². The summed E-state index contributed by atoms with van der Waals surface area (Å²) in [5, 5.41) is 6.74. The molecule has 1 aliphatic heterocycles. The van der Waals surface area contributed by atoms with E-state index in [1.165, 1.54) is 4.90 Å². The third-order valence-electron chi connectivity index (χ3n) is 6.21. The maximum atomic E-state index is 13.6. The van der Waals surface area contributed by atoms with Gasteiger partial charge in [-0.2, -0.15) is 0 Å². The number of hydrogen-bond acceptors (Lipinski definition) is 5. The van der Waals surface area contributed by atoms with Gasteiger partial charge in [0.05, 0.1) is 12.1 Å². The van der Waals surface area contributed by atoms with E-state index in [-0.39, 0.29) is 24.9 Å². The molecule has 4 rings (SSSR count). The lowest BCUT2D eigenvalue weighted by molar-refractivity contribution is -0.134. The lowest BCUT2D eigenvalue weighted by Gasteiger charge is -2.39. The van der Waals surface area contributed by atoms with Crippen LogP contribution in [0.2, 0.25) is 0 Å². The molecule has 4 amide bonds. The molecule has 0 bridgehead atoms. The van der Waals surface area contributed by atoms with E-state index in [9.17, 15) is 14.4 Å². The van der Waals surface area contributed by atoms with Gasteiger partial charge in [-0.05, 0) is 45.2 Å². The zero-order valence-corrected chi connectivity index (χ0v) is 18.8. The van der Waals surface area contributed by atoms with E-state index >= 15 is 0 Å². The van der Waals surface area contributed by atoms with Crippen LogP contribution in [0, 0.1) is 5.92 Å². The number of rotatable bonds is 4. The number of amides is 4. The van der Waals surface area contributed by atoms with E-state index in [0.29, 0.717) is 6.42 Å². The standard InChI is InChI=1S/C24H30N4O4/c1-23(2,3)32-22(31)26-14-18-11-4-5-12-24(18)20(29)28(21(30)27-24)15-17-9-6-8-16-10-7-13-25-19(16)17/h6-10,13,18H,4-5,11-12,14-15H2,1-3H3,(H,26,31)(H,27,30). The average molecular weight is 439 g/mol. The molecule has 2 aromatic rings. The number of ether oxygens (including phenoxy) is 1. The first-order chi connectivity index (χ1) is 15.2. The molecule has 2 heterocycles. The van der Waals surface area contributed by atoms with Gasteiger partial charge in [0.2, 0.25) is 0 Å². The summed E-state index contributed by atoms with van der Waals surface area (Å²) < 4.78 is 5.33. The first-order valence-corrected chi connectivity index (χ1v) is 11.1. The van der Waals surface area contributed by atoms with E-state index in [0.717, 1.165) is 35.7 Å². The quantitative estimate of drug-likeness (QED) is 0.709. The normalized spacial score (nSPS) is 23.5. The first kappa shape index (κ1) is 22.0. The number of nitrogens with one attached hydrogen (secondary N) is 2. The second-order valence-electron chi connectivity index (χ2n) is 9.61. The Balaban J connectivity index is 1.53. The zero-order valence-electron chi connectivity index (χ0n) is 18.8. The number of aromatic nitrogens is 1. The first-order valence-electron chi connectivity index (χ1n) is 11.1. The Kier molecular flexibility index (Phi) is 5.79. The molecule has 32 heavy (non-hydrogen) atoms. The van der Waals surface area contributed by atoms with E-state index in [1.807, 2.05) is 30.3 Å². The minimum absolute atomic E-state index is 0.160. The zero-order chi connectivity index (χ0) is 22.9. The number of fused-ring (bicyclic) bond motifs is 1. The smallest absolute Gasteiger partial charge is 0.407 e. The number of carbonyl (C=O) groups excluding carboxylic acids is 3. The summed E-state index contributed by atoms with van der Waals surface area (Å²) in [4.78, 5) is 44.4. The summed E-state index contributed by atoms with van der Waals surface area (Å²) in [6.07, 6.45) is 4.28. The molecule has 8 nitrogen and oxygen atoms in total. The number of carbonyl (C=O) groups is 3. The highest BCUT2D eigenvalue weighted by molar-refractivity contribution is 6.07. The van der Waals surface area contributed by atoms with Crippen LogP contribution in [0.4, 0.5) is 9.59 Å². The van der Waals surface area contributed by atoms with Gasteiger partial charge in [-0.15, -0.1) is 0 Å². The number of para-hydroxylation sites is 1. The highest BCUT2D eigenvalue weighted by atomic mass is 16.6. The van der Waals surface area contributed by atoms with Crippen molar-refractivity contribution in [1.82, 2.24) is 20.5 Å². The molecule has 2 aliphatic rings. The topological polar surface area (TPSA) is 101 Å². The second-order valence-corrected chi connectivity index (χ2v) is 9.61. The van der Waals surface area contributed by atoms with E-state index in [2.05, 4.69) is 15.6 Å². The van der Waals surface area contributed by atoms with Crippen LogP contribution < -0.4 is 10.6 Å². The van der Waals surface area contributed by atoms with Crippen LogP contribution in [-0.4, -0.2) is 45.6 Å². The highest BCUT2D eigenvalue weighted by Crippen LogP contribution is 2.39. The van der Waals surface area contributed by atoms with Gasteiger partial charge in [-0.1, -0.05) is 37.1 Å². The van der Waals surface area contributed by atoms with E-state index in [4.69, 9.17) is 4.74 Å². The Bertz CT molecular complexity index is 1040. The fourth-order valence-corrected chi connectivity index (χ4v) is 4.74. The van der Waals surface area contributed by atoms with E-state index in [1.54, 1.807) is 27.0 Å². The molecule has 0 radical (unpaired) electrons. The number of pyridine rings is 1. The summed E-state index contributed by atoms with van der Waals surface area (Å²) in [5.41, 5.74) is 0.00317. The van der Waals surface area contributed by atoms with Crippen LogP contribution in [0.5, 0.6) is 0 Å². The van der Waals surface area contributed by atoms with Crippen molar-refractivity contribution in [3.05, 3.63) is 42.1 Å². The minimum Gasteiger partial charge on any atom is -0.444 e. The molecule has 1 saturated heterocycles. The van der Waals surface area contributed by atoms with Gasteiger partial charge in [0.25, 0.3) is 5.91 Å². The van der Waals surface area contributed by atoms with Crippen LogP contribution in [0.15, 0.2) is 36.5 Å². The fraction of sp³-hybridized carbons (Fsp3) is 0.500. The lowest BCUT2D eigenvalue weighted by Crippen LogP contribution is -2.57. The van der Waals surface area contributed by atoms with Crippen molar-refractivity contribution >= 4 is 28.9 Å². The number of urea groups is 1. The molecular formula is C24H30N4O4. The number of benzene rings is 1. The maximum absolute atomic E-state index is 13.6. The van der Waals surface area contributed by atoms with Crippen LogP contribution in [0.1, 0.15) is 52.0 Å². The predicted octanol–water partition coefficient (Wildman–Crippen LogP) is 3.74. The molecular weight excluding hydrogens is 408 g/mol. The van der Waals surface area contributed by atoms with Crippen molar-refractivity contribution in [2.24, 2.45) is 5.92 Å². The maximum Gasteiger partial charge on any atom is 0.407 e. The third kappa shape index (κ3) is 4.26. The van der Waals surface area contributed by atoms with Crippen molar-refractivity contribution in [2.45, 2.75) is 64.1 Å². The van der Waals surface area contributed by atoms with Crippen LogP contribution >= 0.6 is 0 Å². The Morgan fingerprint density at radius 2 is 2.03 bits per heavy atom. The van der Waals surface area contributed by atoms with Crippen molar-refractivity contribution < 1.29 is 19.1 Å². The summed E-state index contributed by atoms with van der Waals surface area (Å²) in [6.45, 7) is 5.83. The van der Waals surface area contributed by atoms with Crippen molar-refractivity contribution in [1.29, 1.82) is 0 Å². The fourth-order valence-electron chi connectivity index (χ4n) is 4.74. The highest BCUT2D eigenvalue weighted by Gasteiger charge is 2.56. The van der Waals surface area contributed by atoms with Gasteiger partial charge in [0.15, 0.2) is 0 Å². The summed E-state index contributed by atoms with van der Waals surface area (Å²) in [6, 6.07) is 9.17. The third-order valence-corrected chi connectivity index (χ3v) is 6.21. The van der Waals surface area contributed by atoms with Gasteiger partial charge >= 0.3 is 12.1 Å². The van der Waals surface area contributed by atoms with Gasteiger partial charge in [0, 0.05) is 24.0 Å². The van der Waals surface area contributed by atoms with Crippen LogP contribution in [0.25, 0.3) is 10.9 Å². The average Bonchev–Trinajstić information content (AvgIpc) is 2.97. The van der Waals surface area contributed by atoms with Crippen LogP contribution in [0.3, 0.4) is 0 Å². The summed E-state index contributed by atoms with van der Waals surface area (Å²) in [7, 11) is 0. The second kappa shape index (κ2) is 8.41. The molecule has 1 aromatic heterocycles. The molecule has 1 saturated carbocycles. The Morgan fingerprint density at radius 3 is 2.81 bits per heavy atom. The molecule has 170 valence electrons. The number of hydrogen-bond donors (Lipinski definition) is 2. The van der Waals surface area contributed by atoms with Gasteiger partial charge in [-0.3, -0.25) is 14.7 Å². The molecule has 2 unspecified atom stereocenters. The molecule has 2 N–H and O–H groups in total. The molecule has 1 spiro atoms. The monoisotopic (exact) mass is 438 g/mol. The SMILES string of the molecule is CC(C)(C)OC(=O)NCC1CCCCC12NC(=O)N(Cc1cccc3cccnc13)C2=O. The molecule has 2 atom stereocenters. The molecule has 2 fully saturated rings.